The zero-order valence-electron chi connectivity index (χ0n) is 8.37. The highest BCUT2D eigenvalue weighted by atomic mass is 16.1. The van der Waals surface area contributed by atoms with Crippen molar-refractivity contribution >= 4 is 5.91 Å². The summed E-state index contributed by atoms with van der Waals surface area (Å²) in [6, 6.07) is 3.32. The van der Waals surface area contributed by atoms with E-state index in [1.54, 1.807) is 18.3 Å². The summed E-state index contributed by atoms with van der Waals surface area (Å²) in [6.45, 7) is 5.98. The number of primary amides is 1. The van der Waals surface area contributed by atoms with Gasteiger partial charge in [-0.25, -0.2) is 0 Å². The summed E-state index contributed by atoms with van der Waals surface area (Å²) in [5, 5.41) is 0. The number of pyridine rings is 1. The van der Waals surface area contributed by atoms with Crippen molar-refractivity contribution in [3.63, 3.8) is 0 Å². The third-order valence-electron chi connectivity index (χ3n) is 1.46. The maximum absolute atomic E-state index is 10.7. The number of rotatable bonds is 2. The van der Waals surface area contributed by atoms with Crippen molar-refractivity contribution in [3.8, 4) is 0 Å². The third-order valence-corrected chi connectivity index (χ3v) is 1.46. The van der Waals surface area contributed by atoms with E-state index in [4.69, 9.17) is 5.73 Å². The lowest BCUT2D eigenvalue weighted by Gasteiger charge is -1.96. The summed E-state index contributed by atoms with van der Waals surface area (Å²) >= 11 is 0. The van der Waals surface area contributed by atoms with E-state index in [1.807, 2.05) is 20.8 Å². The van der Waals surface area contributed by atoms with Crippen molar-refractivity contribution in [3.05, 3.63) is 29.6 Å². The molecule has 14 heavy (non-hydrogen) atoms. The first kappa shape index (κ1) is 15.1. The first-order valence-corrected chi connectivity index (χ1v) is 4.48. The van der Waals surface area contributed by atoms with E-state index in [-0.39, 0.29) is 7.43 Å². The van der Waals surface area contributed by atoms with Crippen LogP contribution in [-0.4, -0.2) is 10.9 Å². The first-order valence-electron chi connectivity index (χ1n) is 4.48. The van der Waals surface area contributed by atoms with Crippen molar-refractivity contribution < 1.29 is 4.79 Å². The molecule has 0 saturated heterocycles. The Labute approximate surface area is 86.4 Å². The molecule has 0 fully saturated rings. The number of amides is 1. The number of carbonyl (C=O) groups excluding carboxylic acids is 1. The number of nitrogens with zero attached hydrogens (tertiary/aromatic N) is 1. The minimum absolute atomic E-state index is 0. The molecule has 80 valence electrons. The molecule has 0 aliphatic heterocycles. The van der Waals surface area contributed by atoms with Crippen LogP contribution < -0.4 is 5.73 Å². The second kappa shape index (κ2) is 8.23. The molecule has 0 bridgehead atoms. The first-order chi connectivity index (χ1) is 6.24. The molecule has 0 atom stereocenters. The minimum atomic E-state index is -0.401. The van der Waals surface area contributed by atoms with Gasteiger partial charge in [-0.2, -0.15) is 0 Å². The fourth-order valence-electron chi connectivity index (χ4n) is 0.825. The maximum atomic E-state index is 10.7. The summed E-state index contributed by atoms with van der Waals surface area (Å²) in [4.78, 5) is 14.7. The largest absolute Gasteiger partial charge is 0.366 e. The van der Waals surface area contributed by atoms with Crippen LogP contribution >= 0.6 is 0 Å². The van der Waals surface area contributed by atoms with Gasteiger partial charge in [0.25, 0.3) is 0 Å². The molecular weight excluding hydrogens is 176 g/mol. The fraction of sp³-hybridized carbons (Fsp3) is 0.455. The van der Waals surface area contributed by atoms with Crippen LogP contribution in [0, 0.1) is 0 Å². The molecule has 3 heteroatoms. The van der Waals surface area contributed by atoms with Gasteiger partial charge < -0.3 is 5.73 Å². The Kier molecular flexibility index (Phi) is 8.88. The monoisotopic (exact) mass is 196 g/mol. The normalized spacial score (nSPS) is 7.93. The number of nitrogens with two attached hydrogens (primary N) is 1. The second-order valence-corrected chi connectivity index (χ2v) is 2.25. The van der Waals surface area contributed by atoms with Gasteiger partial charge in [0.2, 0.25) is 5.91 Å². The third kappa shape index (κ3) is 4.60. The van der Waals surface area contributed by atoms with Crippen LogP contribution in [0.5, 0.6) is 0 Å². The van der Waals surface area contributed by atoms with Crippen LogP contribution in [0.15, 0.2) is 18.3 Å². The van der Waals surface area contributed by atoms with Gasteiger partial charge in [-0.3, -0.25) is 9.78 Å². The lowest BCUT2D eigenvalue weighted by molar-refractivity contribution is 0.1000. The molecule has 1 rings (SSSR count). The molecule has 0 unspecified atom stereocenters. The molecule has 1 heterocycles. The van der Waals surface area contributed by atoms with Gasteiger partial charge in [0.15, 0.2) is 0 Å². The minimum Gasteiger partial charge on any atom is -0.366 e. The number of carbonyl (C=O) groups is 1. The molecule has 2 N–H and O–H groups in total. The van der Waals surface area contributed by atoms with Crippen molar-refractivity contribution in [1.82, 2.24) is 4.98 Å². The van der Waals surface area contributed by atoms with Crippen LogP contribution in [0.2, 0.25) is 0 Å². The van der Waals surface area contributed by atoms with Gasteiger partial charge in [0.1, 0.15) is 0 Å². The Morgan fingerprint density at radius 3 is 2.50 bits per heavy atom. The molecular formula is C11H20N2O. The molecule has 0 spiro atoms. The van der Waals surface area contributed by atoms with Gasteiger partial charge in [-0.1, -0.05) is 28.2 Å². The maximum Gasteiger partial charge on any atom is 0.248 e. The van der Waals surface area contributed by atoms with E-state index >= 15 is 0 Å². The molecule has 0 aliphatic carbocycles. The standard InChI is InChI=1S/C8H10N2O.C2H6.CH4/c1-2-7-5-6(8(9)11)3-4-10-7;1-2;/h3-5H,2H2,1H3,(H2,9,11);1-2H3;1H4. The zero-order chi connectivity index (χ0) is 10.3. The predicted octanol–water partition coefficient (Wildman–Crippen LogP) is 2.41. The van der Waals surface area contributed by atoms with Crippen molar-refractivity contribution in [2.75, 3.05) is 0 Å². The lowest BCUT2D eigenvalue weighted by Crippen LogP contribution is -2.11. The van der Waals surface area contributed by atoms with Gasteiger partial charge in [-0.15, -0.1) is 0 Å². The van der Waals surface area contributed by atoms with E-state index in [0.29, 0.717) is 5.56 Å². The van der Waals surface area contributed by atoms with Gasteiger partial charge >= 0.3 is 0 Å². The van der Waals surface area contributed by atoms with Gasteiger partial charge in [0.05, 0.1) is 0 Å². The second-order valence-electron chi connectivity index (χ2n) is 2.25. The van der Waals surface area contributed by atoms with E-state index < -0.39 is 5.91 Å². The highest BCUT2D eigenvalue weighted by molar-refractivity contribution is 5.92. The molecule has 0 aliphatic rings. The smallest absolute Gasteiger partial charge is 0.248 e. The Morgan fingerprint density at radius 1 is 1.50 bits per heavy atom. The molecule has 0 aromatic carbocycles. The SMILES string of the molecule is C.CC.CCc1cc(C(N)=O)ccn1. The fourth-order valence-corrected chi connectivity index (χ4v) is 0.825. The van der Waals surface area contributed by atoms with E-state index in [9.17, 15) is 4.79 Å². The van der Waals surface area contributed by atoms with Gasteiger partial charge in [-0.05, 0) is 18.6 Å². The van der Waals surface area contributed by atoms with Crippen LogP contribution in [0.4, 0.5) is 0 Å². The number of aryl methyl sites for hydroxylation is 1. The van der Waals surface area contributed by atoms with Crippen molar-refractivity contribution in [2.24, 2.45) is 5.73 Å². The number of hydrogen-bond donors (Lipinski definition) is 1. The van der Waals surface area contributed by atoms with E-state index in [0.717, 1.165) is 12.1 Å². The predicted molar refractivity (Wildman–Crippen MR) is 60.2 cm³/mol. The highest BCUT2D eigenvalue weighted by Crippen LogP contribution is 2.00. The molecule has 0 saturated carbocycles. The summed E-state index contributed by atoms with van der Waals surface area (Å²) < 4.78 is 0. The van der Waals surface area contributed by atoms with Crippen LogP contribution in [0.25, 0.3) is 0 Å². The molecule has 1 aromatic rings. The van der Waals surface area contributed by atoms with E-state index in [1.165, 1.54) is 0 Å². The molecule has 1 amide bonds. The average Bonchev–Trinajstić information content (AvgIpc) is 2.21. The quantitative estimate of drug-likeness (QED) is 0.789. The summed E-state index contributed by atoms with van der Waals surface area (Å²) in [5.74, 6) is -0.401. The van der Waals surface area contributed by atoms with Crippen molar-refractivity contribution in [2.45, 2.75) is 34.6 Å². The summed E-state index contributed by atoms with van der Waals surface area (Å²) in [6.07, 6.45) is 2.42. The Bertz CT molecular complexity index is 272. The zero-order valence-corrected chi connectivity index (χ0v) is 8.37. The molecule has 0 radical (unpaired) electrons. The molecule has 1 aromatic heterocycles. The van der Waals surface area contributed by atoms with Crippen LogP contribution in [-0.2, 0) is 6.42 Å². The van der Waals surface area contributed by atoms with Gasteiger partial charge in [0, 0.05) is 17.5 Å². The van der Waals surface area contributed by atoms with Crippen molar-refractivity contribution in [1.29, 1.82) is 0 Å². The summed E-state index contributed by atoms with van der Waals surface area (Å²) in [5.41, 5.74) is 6.49. The number of aromatic nitrogens is 1. The molecule has 3 nitrogen and oxygen atoms in total. The topological polar surface area (TPSA) is 56.0 Å². The number of hydrogen-bond acceptors (Lipinski definition) is 2. The van der Waals surface area contributed by atoms with Crippen LogP contribution in [0.3, 0.4) is 0 Å². The van der Waals surface area contributed by atoms with Crippen LogP contribution in [0.1, 0.15) is 44.2 Å². The Hall–Kier alpha value is -1.38. The Balaban J connectivity index is 0. The van der Waals surface area contributed by atoms with E-state index in [2.05, 4.69) is 4.98 Å². The average molecular weight is 196 g/mol. The highest BCUT2D eigenvalue weighted by Gasteiger charge is 1.99. The lowest BCUT2D eigenvalue weighted by atomic mass is 10.2. The summed E-state index contributed by atoms with van der Waals surface area (Å²) in [7, 11) is 0. The Morgan fingerprint density at radius 2 is 2.07 bits per heavy atom.